The number of anilines is 1. The van der Waals surface area contributed by atoms with Crippen molar-refractivity contribution in [2.24, 2.45) is 0 Å². The molecule has 1 aliphatic rings. The third-order valence-corrected chi connectivity index (χ3v) is 3.99. The standard InChI is InChI=1S/C16H16ClNO/c17-14-7-3-2-6-13(14)16(19)11-18-10-9-12-5-1-4-8-15(12)18/h1-8,16,19H,9-11H2. The minimum absolute atomic E-state index is 0.556. The smallest absolute Gasteiger partial charge is 0.0979 e. The molecule has 98 valence electrons. The largest absolute Gasteiger partial charge is 0.387 e. The molecule has 3 rings (SSSR count). The van der Waals surface area contributed by atoms with Crippen molar-refractivity contribution in [3.8, 4) is 0 Å². The van der Waals surface area contributed by atoms with Crippen LogP contribution in [0, 0.1) is 0 Å². The van der Waals surface area contributed by atoms with Crippen molar-refractivity contribution < 1.29 is 5.11 Å². The molecule has 0 fully saturated rings. The lowest BCUT2D eigenvalue weighted by Gasteiger charge is -2.23. The summed E-state index contributed by atoms with van der Waals surface area (Å²) in [6.45, 7) is 1.54. The second-order valence-electron chi connectivity index (χ2n) is 4.86. The number of aliphatic hydroxyl groups is 1. The second kappa shape index (κ2) is 5.24. The Morgan fingerprint density at radius 1 is 1.11 bits per heavy atom. The molecule has 2 aromatic rings. The third kappa shape index (κ3) is 2.46. The average molecular weight is 274 g/mol. The maximum atomic E-state index is 10.4. The lowest BCUT2D eigenvalue weighted by atomic mass is 10.1. The average Bonchev–Trinajstić information content (AvgIpc) is 2.83. The topological polar surface area (TPSA) is 23.5 Å². The van der Waals surface area contributed by atoms with Crippen LogP contribution in [0.1, 0.15) is 17.2 Å². The van der Waals surface area contributed by atoms with Crippen molar-refractivity contribution in [1.29, 1.82) is 0 Å². The van der Waals surface area contributed by atoms with E-state index in [1.54, 1.807) is 0 Å². The van der Waals surface area contributed by atoms with E-state index < -0.39 is 6.10 Å². The van der Waals surface area contributed by atoms with Crippen LogP contribution in [0.25, 0.3) is 0 Å². The Bertz CT molecular complexity index is 584. The fraction of sp³-hybridized carbons (Fsp3) is 0.250. The summed E-state index contributed by atoms with van der Waals surface area (Å²) in [6, 6.07) is 15.9. The molecular formula is C16H16ClNO. The monoisotopic (exact) mass is 273 g/mol. The Morgan fingerprint density at radius 2 is 1.84 bits per heavy atom. The van der Waals surface area contributed by atoms with E-state index in [1.165, 1.54) is 11.3 Å². The van der Waals surface area contributed by atoms with E-state index in [-0.39, 0.29) is 0 Å². The lowest BCUT2D eigenvalue weighted by molar-refractivity contribution is 0.184. The van der Waals surface area contributed by atoms with Gasteiger partial charge in [-0.25, -0.2) is 0 Å². The molecule has 0 spiro atoms. The minimum atomic E-state index is -0.556. The Labute approximate surface area is 118 Å². The normalized spacial score (nSPS) is 15.4. The van der Waals surface area contributed by atoms with Gasteiger partial charge in [0.05, 0.1) is 6.10 Å². The highest BCUT2D eigenvalue weighted by atomic mass is 35.5. The fourth-order valence-electron chi connectivity index (χ4n) is 2.65. The number of β-amino-alcohol motifs (C(OH)–C–C–N with tert-alkyl or cyclic N) is 1. The molecule has 0 radical (unpaired) electrons. The van der Waals surface area contributed by atoms with Crippen molar-refractivity contribution in [2.45, 2.75) is 12.5 Å². The van der Waals surface area contributed by atoms with Crippen LogP contribution in [-0.4, -0.2) is 18.2 Å². The quantitative estimate of drug-likeness (QED) is 0.926. The molecule has 19 heavy (non-hydrogen) atoms. The number of aliphatic hydroxyl groups excluding tert-OH is 1. The molecule has 0 bridgehead atoms. The summed E-state index contributed by atoms with van der Waals surface area (Å²) in [5, 5.41) is 11.0. The number of hydrogen-bond donors (Lipinski definition) is 1. The number of halogens is 1. The zero-order chi connectivity index (χ0) is 13.2. The first kappa shape index (κ1) is 12.5. The zero-order valence-corrected chi connectivity index (χ0v) is 11.3. The van der Waals surface area contributed by atoms with Gasteiger partial charge in [0.2, 0.25) is 0 Å². The zero-order valence-electron chi connectivity index (χ0n) is 10.6. The van der Waals surface area contributed by atoms with E-state index in [9.17, 15) is 5.11 Å². The van der Waals surface area contributed by atoms with Gasteiger partial charge in [0.1, 0.15) is 0 Å². The van der Waals surface area contributed by atoms with Gasteiger partial charge in [0.15, 0.2) is 0 Å². The van der Waals surface area contributed by atoms with Gasteiger partial charge in [-0.05, 0) is 24.1 Å². The van der Waals surface area contributed by atoms with Gasteiger partial charge in [-0.3, -0.25) is 0 Å². The van der Waals surface area contributed by atoms with Gasteiger partial charge in [0.25, 0.3) is 0 Å². The predicted molar refractivity (Wildman–Crippen MR) is 78.8 cm³/mol. The fourth-order valence-corrected chi connectivity index (χ4v) is 2.91. The van der Waals surface area contributed by atoms with Gasteiger partial charge in [-0.2, -0.15) is 0 Å². The first-order valence-corrected chi connectivity index (χ1v) is 6.89. The molecule has 1 N–H and O–H groups in total. The summed E-state index contributed by atoms with van der Waals surface area (Å²) in [5.41, 5.74) is 3.39. The molecule has 1 aliphatic heterocycles. The van der Waals surface area contributed by atoms with Gasteiger partial charge in [-0.15, -0.1) is 0 Å². The van der Waals surface area contributed by atoms with E-state index in [0.717, 1.165) is 18.5 Å². The SMILES string of the molecule is OC(CN1CCc2ccccc21)c1ccccc1Cl. The summed E-state index contributed by atoms with van der Waals surface area (Å²) in [7, 11) is 0. The van der Waals surface area contributed by atoms with E-state index in [2.05, 4.69) is 23.1 Å². The molecule has 0 aromatic heterocycles. The highest BCUT2D eigenvalue weighted by molar-refractivity contribution is 6.31. The van der Waals surface area contributed by atoms with E-state index in [0.29, 0.717) is 11.6 Å². The van der Waals surface area contributed by atoms with E-state index in [4.69, 9.17) is 11.6 Å². The van der Waals surface area contributed by atoms with Crippen molar-refractivity contribution >= 4 is 17.3 Å². The number of nitrogens with zero attached hydrogens (tertiary/aromatic N) is 1. The van der Waals surface area contributed by atoms with Crippen LogP contribution >= 0.6 is 11.6 Å². The van der Waals surface area contributed by atoms with Crippen LogP contribution < -0.4 is 4.90 Å². The molecule has 1 atom stereocenters. The molecule has 1 unspecified atom stereocenters. The number of rotatable bonds is 3. The van der Waals surface area contributed by atoms with Crippen LogP contribution in [0.4, 0.5) is 5.69 Å². The van der Waals surface area contributed by atoms with Crippen LogP contribution in [-0.2, 0) is 6.42 Å². The lowest BCUT2D eigenvalue weighted by Crippen LogP contribution is -2.26. The Hall–Kier alpha value is -1.51. The van der Waals surface area contributed by atoms with Crippen molar-refractivity contribution in [3.05, 3.63) is 64.7 Å². The number of para-hydroxylation sites is 1. The molecule has 0 amide bonds. The molecule has 0 aliphatic carbocycles. The molecule has 0 saturated heterocycles. The molecule has 2 aromatic carbocycles. The maximum absolute atomic E-state index is 10.4. The maximum Gasteiger partial charge on any atom is 0.0979 e. The summed E-state index contributed by atoms with van der Waals surface area (Å²) in [5.74, 6) is 0. The van der Waals surface area contributed by atoms with Gasteiger partial charge >= 0.3 is 0 Å². The number of benzene rings is 2. The molecule has 3 heteroatoms. The van der Waals surface area contributed by atoms with Crippen LogP contribution in [0.15, 0.2) is 48.5 Å². The highest BCUT2D eigenvalue weighted by Gasteiger charge is 2.22. The number of fused-ring (bicyclic) bond motifs is 1. The van der Waals surface area contributed by atoms with Gasteiger partial charge in [0, 0.05) is 29.4 Å². The summed E-state index contributed by atoms with van der Waals surface area (Å²) in [6.07, 6.45) is 0.491. The second-order valence-corrected chi connectivity index (χ2v) is 5.27. The first-order valence-electron chi connectivity index (χ1n) is 6.51. The molecule has 0 saturated carbocycles. The number of hydrogen-bond acceptors (Lipinski definition) is 2. The predicted octanol–water partition coefficient (Wildman–Crippen LogP) is 3.44. The Kier molecular flexibility index (Phi) is 3.45. The van der Waals surface area contributed by atoms with E-state index >= 15 is 0 Å². The van der Waals surface area contributed by atoms with Gasteiger partial charge < -0.3 is 10.0 Å². The van der Waals surface area contributed by atoms with Crippen molar-refractivity contribution in [2.75, 3.05) is 18.0 Å². The summed E-state index contributed by atoms with van der Waals surface area (Å²) >= 11 is 6.13. The Balaban J connectivity index is 1.78. The van der Waals surface area contributed by atoms with Crippen molar-refractivity contribution in [3.63, 3.8) is 0 Å². The van der Waals surface area contributed by atoms with Crippen molar-refractivity contribution in [1.82, 2.24) is 0 Å². The molecular weight excluding hydrogens is 258 g/mol. The molecule has 1 heterocycles. The summed E-state index contributed by atoms with van der Waals surface area (Å²) < 4.78 is 0. The van der Waals surface area contributed by atoms with E-state index in [1.807, 2.05) is 30.3 Å². The third-order valence-electron chi connectivity index (χ3n) is 3.64. The van der Waals surface area contributed by atoms with Crippen LogP contribution in [0.3, 0.4) is 0 Å². The minimum Gasteiger partial charge on any atom is -0.387 e. The highest BCUT2D eigenvalue weighted by Crippen LogP contribution is 2.30. The first-order chi connectivity index (χ1) is 9.25. The van der Waals surface area contributed by atoms with Crippen LogP contribution in [0.2, 0.25) is 5.02 Å². The molecule has 2 nitrogen and oxygen atoms in total. The summed E-state index contributed by atoms with van der Waals surface area (Å²) in [4.78, 5) is 2.23. The van der Waals surface area contributed by atoms with Gasteiger partial charge in [-0.1, -0.05) is 48.0 Å². The van der Waals surface area contributed by atoms with Crippen LogP contribution in [0.5, 0.6) is 0 Å². The Morgan fingerprint density at radius 3 is 2.68 bits per heavy atom.